The fourth-order valence-corrected chi connectivity index (χ4v) is 3.13. The van der Waals surface area contributed by atoms with E-state index in [4.69, 9.17) is 0 Å². The van der Waals surface area contributed by atoms with E-state index in [9.17, 15) is 9.59 Å². The Labute approximate surface area is 134 Å². The average Bonchev–Trinajstić information content (AvgIpc) is 2.25. The summed E-state index contributed by atoms with van der Waals surface area (Å²) in [6, 6.07) is 0. The number of hydrogen-bond acceptors (Lipinski definition) is 2. The highest BCUT2D eigenvalue weighted by atomic mass is 127. The Kier molecular flexibility index (Phi) is 5.63. The van der Waals surface area contributed by atoms with Crippen molar-refractivity contribution in [2.24, 2.45) is 0 Å². The molecule has 0 aromatic carbocycles. The molecule has 18 heavy (non-hydrogen) atoms. The van der Waals surface area contributed by atoms with Crippen LogP contribution in [0.15, 0.2) is 17.2 Å². The van der Waals surface area contributed by atoms with Crippen LogP contribution in [0.5, 0.6) is 0 Å². The molecule has 0 atom stereocenters. The van der Waals surface area contributed by atoms with Crippen molar-refractivity contribution in [2.45, 2.75) is 39.3 Å². The number of carbonyl (C=O) groups is 1. The van der Waals surface area contributed by atoms with Crippen molar-refractivity contribution >= 4 is 51.1 Å². The van der Waals surface area contributed by atoms with E-state index in [-0.39, 0.29) is 23.4 Å². The maximum atomic E-state index is 11.9. The zero-order valence-corrected chi connectivity index (χ0v) is 14.9. The number of aromatic nitrogens is 1. The topological polar surface area (TPSA) is 51.1 Å². The maximum Gasteiger partial charge on any atom is 0.240 e. The van der Waals surface area contributed by atoms with Crippen LogP contribution in [0.4, 0.5) is 0 Å². The molecule has 0 saturated heterocycles. The number of amides is 1. The molecule has 0 radical (unpaired) electrons. The fourth-order valence-electron chi connectivity index (χ4n) is 1.32. The Balaban J connectivity index is 2.80. The lowest BCUT2D eigenvalue weighted by Crippen LogP contribution is -2.44. The van der Waals surface area contributed by atoms with Gasteiger partial charge >= 0.3 is 0 Å². The van der Waals surface area contributed by atoms with Crippen molar-refractivity contribution < 1.29 is 4.79 Å². The summed E-state index contributed by atoms with van der Waals surface area (Å²) in [7, 11) is 0. The van der Waals surface area contributed by atoms with Crippen LogP contribution in [0, 0.1) is 7.14 Å². The average molecular weight is 474 g/mol. The number of pyridine rings is 1. The van der Waals surface area contributed by atoms with Crippen molar-refractivity contribution in [3.05, 3.63) is 29.8 Å². The van der Waals surface area contributed by atoms with Gasteiger partial charge in [-0.2, -0.15) is 0 Å². The van der Waals surface area contributed by atoms with Gasteiger partial charge in [0.05, 0.1) is 7.14 Å². The molecule has 1 N–H and O–H groups in total. The summed E-state index contributed by atoms with van der Waals surface area (Å²) in [5.74, 6) is -0.0444. The summed E-state index contributed by atoms with van der Waals surface area (Å²) in [6.45, 7) is 6.24. The van der Waals surface area contributed by atoms with Crippen LogP contribution in [-0.4, -0.2) is 16.0 Å². The Morgan fingerprint density at radius 3 is 2.28 bits per heavy atom. The first-order chi connectivity index (χ1) is 8.25. The van der Waals surface area contributed by atoms with Gasteiger partial charge in [0.1, 0.15) is 6.54 Å². The second-order valence-corrected chi connectivity index (χ2v) is 7.07. The standard InChI is InChI=1S/C12H16I2N2O2/c1-4-12(2,3)15-10(17)7-16-5-8(13)11(18)9(14)6-16/h5-6H,4,7H2,1-3H3,(H,15,17). The van der Waals surface area contributed by atoms with Gasteiger partial charge < -0.3 is 9.88 Å². The van der Waals surface area contributed by atoms with E-state index in [2.05, 4.69) is 5.32 Å². The monoisotopic (exact) mass is 474 g/mol. The van der Waals surface area contributed by atoms with Crippen LogP contribution in [0.25, 0.3) is 0 Å². The van der Waals surface area contributed by atoms with Crippen molar-refractivity contribution in [1.29, 1.82) is 0 Å². The molecule has 0 unspecified atom stereocenters. The zero-order chi connectivity index (χ0) is 13.9. The number of hydrogen-bond donors (Lipinski definition) is 1. The van der Waals surface area contributed by atoms with Crippen molar-refractivity contribution in [3.63, 3.8) is 0 Å². The van der Waals surface area contributed by atoms with Gasteiger partial charge in [-0.3, -0.25) is 9.59 Å². The van der Waals surface area contributed by atoms with Crippen molar-refractivity contribution in [2.75, 3.05) is 0 Å². The third-order valence-corrected chi connectivity index (χ3v) is 4.22. The molecule has 100 valence electrons. The quantitative estimate of drug-likeness (QED) is 0.682. The number of rotatable bonds is 4. The van der Waals surface area contributed by atoms with Gasteiger partial charge in [-0.05, 0) is 65.5 Å². The summed E-state index contributed by atoms with van der Waals surface area (Å²) in [5, 5.41) is 2.97. The first kappa shape index (κ1) is 15.9. The molecule has 1 aromatic rings. The van der Waals surface area contributed by atoms with E-state index >= 15 is 0 Å². The summed E-state index contributed by atoms with van der Waals surface area (Å²) in [6.07, 6.45) is 4.27. The molecule has 0 fully saturated rings. The molecular weight excluding hydrogens is 458 g/mol. The van der Waals surface area contributed by atoms with Gasteiger partial charge in [0.2, 0.25) is 11.3 Å². The van der Waals surface area contributed by atoms with Crippen LogP contribution in [0.2, 0.25) is 0 Å². The van der Waals surface area contributed by atoms with E-state index in [1.165, 1.54) is 0 Å². The molecule has 0 aliphatic heterocycles. The molecule has 0 saturated carbocycles. The Morgan fingerprint density at radius 1 is 1.33 bits per heavy atom. The fraction of sp³-hybridized carbons (Fsp3) is 0.500. The van der Waals surface area contributed by atoms with Crippen LogP contribution < -0.4 is 10.7 Å². The van der Waals surface area contributed by atoms with Crippen molar-refractivity contribution in [1.82, 2.24) is 9.88 Å². The van der Waals surface area contributed by atoms with Gasteiger partial charge in [-0.1, -0.05) is 6.92 Å². The number of carbonyl (C=O) groups excluding carboxylic acids is 1. The molecule has 0 aliphatic carbocycles. The molecule has 0 aliphatic rings. The molecule has 1 amide bonds. The van der Waals surface area contributed by atoms with E-state index in [1.807, 2.05) is 66.0 Å². The van der Waals surface area contributed by atoms with E-state index < -0.39 is 0 Å². The minimum Gasteiger partial charge on any atom is -0.350 e. The van der Waals surface area contributed by atoms with Gasteiger partial charge in [-0.15, -0.1) is 0 Å². The van der Waals surface area contributed by atoms with Crippen molar-refractivity contribution in [3.8, 4) is 0 Å². The first-order valence-electron chi connectivity index (χ1n) is 5.61. The van der Waals surface area contributed by atoms with Gasteiger partial charge in [0, 0.05) is 17.9 Å². The minimum atomic E-state index is -0.198. The first-order valence-corrected chi connectivity index (χ1v) is 7.77. The van der Waals surface area contributed by atoms with Crippen LogP contribution in [0.1, 0.15) is 27.2 Å². The highest BCUT2D eigenvalue weighted by molar-refractivity contribution is 14.1. The maximum absolute atomic E-state index is 11.9. The lowest BCUT2D eigenvalue weighted by atomic mass is 10.0. The summed E-state index contributed by atoms with van der Waals surface area (Å²) in [5.41, 5.74) is -0.182. The molecule has 6 heteroatoms. The predicted molar refractivity (Wildman–Crippen MR) is 88.6 cm³/mol. The van der Waals surface area contributed by atoms with E-state index in [0.29, 0.717) is 7.14 Å². The summed E-state index contributed by atoms with van der Waals surface area (Å²) >= 11 is 3.98. The second kappa shape index (κ2) is 6.36. The Bertz CT molecular complexity index is 483. The predicted octanol–water partition coefficient (Wildman–Crippen LogP) is 2.36. The minimum absolute atomic E-state index is 0.0155. The van der Waals surface area contributed by atoms with E-state index in [1.54, 1.807) is 17.0 Å². The Morgan fingerprint density at radius 2 is 1.83 bits per heavy atom. The zero-order valence-electron chi connectivity index (χ0n) is 10.6. The van der Waals surface area contributed by atoms with Crippen LogP contribution >= 0.6 is 45.2 Å². The molecule has 1 heterocycles. The van der Waals surface area contributed by atoms with Crippen LogP contribution in [0.3, 0.4) is 0 Å². The smallest absolute Gasteiger partial charge is 0.240 e. The molecule has 0 bridgehead atoms. The lowest BCUT2D eigenvalue weighted by Gasteiger charge is -2.24. The largest absolute Gasteiger partial charge is 0.350 e. The molecule has 1 rings (SSSR count). The normalized spacial score (nSPS) is 11.4. The second-order valence-electron chi connectivity index (χ2n) is 4.74. The lowest BCUT2D eigenvalue weighted by molar-refractivity contribution is -0.123. The number of halogens is 2. The SMILES string of the molecule is CCC(C)(C)NC(=O)Cn1cc(I)c(=O)c(I)c1. The molecule has 1 aromatic heterocycles. The highest BCUT2D eigenvalue weighted by Gasteiger charge is 2.17. The van der Waals surface area contributed by atoms with E-state index in [0.717, 1.165) is 6.42 Å². The third-order valence-electron chi connectivity index (χ3n) is 2.68. The van der Waals surface area contributed by atoms with Gasteiger partial charge in [0.25, 0.3) is 0 Å². The number of nitrogens with one attached hydrogen (secondary N) is 1. The molecular formula is C12H16I2N2O2. The summed E-state index contributed by atoms with van der Waals surface area (Å²) in [4.78, 5) is 23.4. The van der Waals surface area contributed by atoms with Crippen LogP contribution in [-0.2, 0) is 11.3 Å². The third kappa shape index (κ3) is 4.52. The summed E-state index contributed by atoms with van der Waals surface area (Å²) < 4.78 is 3.00. The Hall–Kier alpha value is -0.120. The molecule has 4 nitrogen and oxygen atoms in total. The highest BCUT2D eigenvalue weighted by Crippen LogP contribution is 2.08. The number of nitrogens with zero attached hydrogens (tertiary/aromatic N) is 1. The molecule has 0 spiro atoms. The van der Waals surface area contributed by atoms with Gasteiger partial charge in [-0.25, -0.2) is 0 Å². The van der Waals surface area contributed by atoms with Gasteiger partial charge in [0.15, 0.2) is 0 Å².